The molecule has 0 aliphatic carbocycles. The van der Waals surface area contributed by atoms with Gasteiger partial charge in [-0.25, -0.2) is 0 Å². The fourth-order valence-electron chi connectivity index (χ4n) is 2.22. The van der Waals surface area contributed by atoms with E-state index in [-0.39, 0.29) is 0 Å². The zero-order chi connectivity index (χ0) is 17.4. The molecule has 0 aromatic heterocycles. The predicted molar refractivity (Wildman–Crippen MR) is 95.1 cm³/mol. The second-order valence-electron chi connectivity index (χ2n) is 5.34. The Kier molecular flexibility index (Phi) is 6.15. The van der Waals surface area contributed by atoms with E-state index in [1.165, 1.54) is 19.1 Å². The summed E-state index contributed by atoms with van der Waals surface area (Å²) in [5.41, 5.74) is 1.67. The molecule has 2 aromatic rings. The Morgan fingerprint density at radius 2 is 1.08 bits per heavy atom. The average Bonchev–Trinajstić information content (AvgIpc) is 2.60. The van der Waals surface area contributed by atoms with E-state index in [1.54, 1.807) is 12.2 Å². The lowest BCUT2D eigenvalue weighted by molar-refractivity contribution is -0.135. The number of benzene rings is 2. The average molecular weight is 318 g/mol. The highest BCUT2D eigenvalue weighted by Gasteiger charge is 2.27. The van der Waals surface area contributed by atoms with Gasteiger partial charge in [0.1, 0.15) is 11.7 Å². The largest absolute Gasteiger partial charge is 0.299 e. The predicted octanol–water partition coefficient (Wildman–Crippen LogP) is 3.76. The molecule has 0 spiro atoms. The Morgan fingerprint density at radius 1 is 0.708 bits per heavy atom. The van der Waals surface area contributed by atoms with Crippen molar-refractivity contribution in [3.05, 3.63) is 83.9 Å². The van der Waals surface area contributed by atoms with Gasteiger partial charge in [-0.1, -0.05) is 72.8 Å². The molecule has 0 fully saturated rings. The Labute approximate surface area is 141 Å². The molecule has 2 rings (SSSR count). The molecule has 3 heteroatoms. The summed E-state index contributed by atoms with van der Waals surface area (Å²) >= 11 is 0. The molecule has 0 bridgehead atoms. The van der Waals surface area contributed by atoms with E-state index < -0.39 is 23.3 Å². The molecule has 0 heterocycles. The zero-order valence-corrected chi connectivity index (χ0v) is 13.4. The molecule has 0 radical (unpaired) electrons. The highest BCUT2D eigenvalue weighted by atomic mass is 16.2. The molecule has 0 N–H and O–H groups in total. The van der Waals surface area contributed by atoms with Crippen LogP contribution in [0.4, 0.5) is 0 Å². The van der Waals surface area contributed by atoms with Gasteiger partial charge in [0.15, 0.2) is 11.6 Å². The summed E-state index contributed by atoms with van der Waals surface area (Å²) in [7, 11) is 0. The quantitative estimate of drug-likeness (QED) is 0.577. The highest BCUT2D eigenvalue weighted by Crippen LogP contribution is 2.10. The standard InChI is InChI=1S/C21H18O3/c1-16(22)21(19(23)14-12-17-8-4-2-5-9-17)20(24)15-13-18-10-6-3-7-11-18/h2-15,21H,1H3. The van der Waals surface area contributed by atoms with Gasteiger partial charge in [-0.15, -0.1) is 0 Å². The van der Waals surface area contributed by atoms with Gasteiger partial charge in [0, 0.05) is 0 Å². The van der Waals surface area contributed by atoms with Crippen LogP contribution in [-0.2, 0) is 14.4 Å². The Morgan fingerprint density at radius 3 is 1.42 bits per heavy atom. The van der Waals surface area contributed by atoms with Crippen LogP contribution in [0.2, 0.25) is 0 Å². The van der Waals surface area contributed by atoms with E-state index in [1.807, 2.05) is 60.7 Å². The van der Waals surface area contributed by atoms with Gasteiger partial charge in [0.25, 0.3) is 0 Å². The van der Waals surface area contributed by atoms with Crippen LogP contribution in [0.5, 0.6) is 0 Å². The first-order chi connectivity index (χ1) is 11.6. The molecule has 2 aromatic carbocycles. The summed E-state index contributed by atoms with van der Waals surface area (Å²) < 4.78 is 0. The minimum atomic E-state index is -1.29. The summed E-state index contributed by atoms with van der Waals surface area (Å²) in [5.74, 6) is -2.76. The lowest BCUT2D eigenvalue weighted by Crippen LogP contribution is -2.27. The van der Waals surface area contributed by atoms with Crippen LogP contribution < -0.4 is 0 Å². The van der Waals surface area contributed by atoms with E-state index in [0.717, 1.165) is 11.1 Å². The first kappa shape index (κ1) is 17.3. The van der Waals surface area contributed by atoms with E-state index in [9.17, 15) is 14.4 Å². The van der Waals surface area contributed by atoms with Gasteiger partial charge >= 0.3 is 0 Å². The van der Waals surface area contributed by atoms with Crippen LogP contribution in [-0.4, -0.2) is 17.3 Å². The minimum absolute atomic E-state index is 0.458. The molecule has 0 atom stereocenters. The third-order valence-corrected chi connectivity index (χ3v) is 3.45. The molecule has 0 unspecified atom stereocenters. The molecule has 0 aliphatic heterocycles. The maximum Gasteiger partial charge on any atom is 0.173 e. The van der Waals surface area contributed by atoms with E-state index in [4.69, 9.17) is 0 Å². The second-order valence-corrected chi connectivity index (χ2v) is 5.34. The van der Waals surface area contributed by atoms with Crippen molar-refractivity contribution in [2.24, 2.45) is 5.92 Å². The molecule has 0 aliphatic rings. The third kappa shape index (κ3) is 4.99. The smallest absolute Gasteiger partial charge is 0.173 e. The fourth-order valence-corrected chi connectivity index (χ4v) is 2.22. The van der Waals surface area contributed by atoms with Crippen molar-refractivity contribution < 1.29 is 14.4 Å². The lowest BCUT2D eigenvalue weighted by atomic mass is 9.93. The monoisotopic (exact) mass is 318 g/mol. The van der Waals surface area contributed by atoms with E-state index in [0.29, 0.717) is 0 Å². The summed E-state index contributed by atoms with van der Waals surface area (Å²) in [6.45, 7) is 1.26. The normalized spacial score (nSPS) is 12.4. The van der Waals surface area contributed by atoms with Crippen LogP contribution in [0, 0.1) is 5.92 Å². The number of rotatable bonds is 7. The van der Waals surface area contributed by atoms with Crippen molar-refractivity contribution in [3.63, 3.8) is 0 Å². The van der Waals surface area contributed by atoms with Crippen LogP contribution in [0.1, 0.15) is 18.1 Å². The number of ketones is 3. The number of allylic oxidation sites excluding steroid dienone is 2. The van der Waals surface area contributed by atoms with Gasteiger partial charge < -0.3 is 0 Å². The molecular formula is C21H18O3. The molecule has 3 nitrogen and oxygen atoms in total. The maximum absolute atomic E-state index is 12.2. The van der Waals surface area contributed by atoms with Crippen molar-refractivity contribution in [1.29, 1.82) is 0 Å². The number of Topliss-reactive ketones (excluding diaryl/α,β-unsaturated/α-hetero) is 1. The van der Waals surface area contributed by atoms with Crippen LogP contribution >= 0.6 is 0 Å². The van der Waals surface area contributed by atoms with Gasteiger partial charge in [-0.05, 0) is 30.2 Å². The van der Waals surface area contributed by atoms with Crippen molar-refractivity contribution >= 4 is 29.5 Å². The lowest BCUT2D eigenvalue weighted by Gasteiger charge is -2.06. The van der Waals surface area contributed by atoms with Crippen molar-refractivity contribution in [2.45, 2.75) is 6.92 Å². The number of carbonyl (C=O) groups is 3. The highest BCUT2D eigenvalue weighted by molar-refractivity contribution is 6.25. The van der Waals surface area contributed by atoms with E-state index in [2.05, 4.69) is 0 Å². The topological polar surface area (TPSA) is 51.2 Å². The fraction of sp³-hybridized carbons (Fsp3) is 0.0952. The summed E-state index contributed by atoms with van der Waals surface area (Å²) in [4.78, 5) is 36.2. The Balaban J connectivity index is 2.12. The summed E-state index contributed by atoms with van der Waals surface area (Å²) in [6, 6.07) is 18.5. The molecule has 120 valence electrons. The first-order valence-electron chi connectivity index (χ1n) is 7.62. The van der Waals surface area contributed by atoms with Gasteiger partial charge in [-0.3, -0.25) is 14.4 Å². The number of carbonyl (C=O) groups excluding carboxylic acids is 3. The SMILES string of the molecule is CC(=O)C(C(=O)C=Cc1ccccc1)C(=O)C=Cc1ccccc1. The molecule has 24 heavy (non-hydrogen) atoms. The molecule has 0 saturated carbocycles. The van der Waals surface area contributed by atoms with Crippen molar-refractivity contribution in [3.8, 4) is 0 Å². The molecule has 0 saturated heterocycles. The second kappa shape index (κ2) is 8.53. The number of hydrogen-bond donors (Lipinski definition) is 0. The summed E-state index contributed by atoms with van der Waals surface area (Å²) in [6.07, 6.45) is 5.78. The van der Waals surface area contributed by atoms with Crippen molar-refractivity contribution in [2.75, 3.05) is 0 Å². The zero-order valence-electron chi connectivity index (χ0n) is 13.4. The van der Waals surface area contributed by atoms with Gasteiger partial charge in [0.2, 0.25) is 0 Å². The van der Waals surface area contributed by atoms with Gasteiger partial charge in [0.05, 0.1) is 0 Å². The molecular weight excluding hydrogens is 300 g/mol. The summed E-state index contributed by atoms with van der Waals surface area (Å²) in [5, 5.41) is 0. The van der Waals surface area contributed by atoms with Gasteiger partial charge in [-0.2, -0.15) is 0 Å². The minimum Gasteiger partial charge on any atom is -0.299 e. The van der Waals surface area contributed by atoms with Crippen molar-refractivity contribution in [1.82, 2.24) is 0 Å². The Hall–Kier alpha value is -3.07. The van der Waals surface area contributed by atoms with Crippen LogP contribution in [0.3, 0.4) is 0 Å². The first-order valence-corrected chi connectivity index (χ1v) is 7.62. The van der Waals surface area contributed by atoms with E-state index >= 15 is 0 Å². The van der Waals surface area contributed by atoms with Crippen LogP contribution in [0.25, 0.3) is 12.2 Å². The molecule has 0 amide bonds. The Bertz CT molecular complexity index is 710. The maximum atomic E-state index is 12.2. The van der Waals surface area contributed by atoms with Crippen LogP contribution in [0.15, 0.2) is 72.8 Å². The number of hydrogen-bond acceptors (Lipinski definition) is 3. The third-order valence-electron chi connectivity index (χ3n) is 3.45.